The van der Waals surface area contributed by atoms with Crippen LogP contribution in [-0.2, 0) is 11.2 Å². The third-order valence-electron chi connectivity index (χ3n) is 4.83. The number of nitrogens with one attached hydrogen (secondary N) is 1. The summed E-state index contributed by atoms with van der Waals surface area (Å²) in [5.41, 5.74) is 2.38. The number of hydrogen-bond donors (Lipinski definition) is 1. The van der Waals surface area contributed by atoms with Crippen molar-refractivity contribution in [3.8, 4) is 11.4 Å². The molecule has 0 spiro atoms. The van der Waals surface area contributed by atoms with Crippen LogP contribution >= 0.6 is 23.2 Å². The summed E-state index contributed by atoms with van der Waals surface area (Å²) in [7, 11) is 0. The molecule has 1 fully saturated rings. The van der Waals surface area contributed by atoms with Crippen molar-refractivity contribution < 1.29 is 9.32 Å². The van der Waals surface area contributed by atoms with E-state index in [9.17, 15) is 4.79 Å². The fraction of sp³-hybridized carbons (Fsp3) is 0.286. The maximum Gasteiger partial charge on any atom is 0.227 e. The van der Waals surface area contributed by atoms with Gasteiger partial charge in [-0.1, -0.05) is 40.5 Å². The number of nitrogens with zero attached hydrogens (tertiary/aromatic N) is 3. The van der Waals surface area contributed by atoms with E-state index in [-0.39, 0.29) is 12.3 Å². The number of hydrogen-bond acceptors (Lipinski definition) is 5. The van der Waals surface area contributed by atoms with Crippen molar-refractivity contribution in [2.75, 3.05) is 23.3 Å². The Hall–Kier alpha value is -2.57. The van der Waals surface area contributed by atoms with E-state index in [0.29, 0.717) is 39.4 Å². The van der Waals surface area contributed by atoms with Crippen molar-refractivity contribution in [1.82, 2.24) is 10.1 Å². The van der Waals surface area contributed by atoms with Crippen LogP contribution in [0.15, 0.2) is 47.0 Å². The molecule has 1 aliphatic rings. The molecule has 8 heteroatoms. The highest BCUT2D eigenvalue weighted by atomic mass is 35.5. The molecule has 29 heavy (non-hydrogen) atoms. The van der Waals surface area contributed by atoms with Crippen LogP contribution in [0.25, 0.3) is 11.4 Å². The van der Waals surface area contributed by atoms with Crippen LogP contribution in [0.1, 0.15) is 25.2 Å². The number of amides is 1. The lowest BCUT2D eigenvalue weighted by molar-refractivity contribution is -0.116. The van der Waals surface area contributed by atoms with Gasteiger partial charge in [-0.05, 0) is 43.2 Å². The first kappa shape index (κ1) is 19.7. The van der Waals surface area contributed by atoms with Crippen LogP contribution in [0.5, 0.6) is 0 Å². The second kappa shape index (κ2) is 8.84. The van der Waals surface area contributed by atoms with E-state index in [1.807, 2.05) is 30.3 Å². The van der Waals surface area contributed by atoms with Gasteiger partial charge in [-0.2, -0.15) is 4.98 Å². The monoisotopic (exact) mass is 430 g/mol. The van der Waals surface area contributed by atoms with E-state index < -0.39 is 0 Å². The average Bonchev–Trinajstić information content (AvgIpc) is 3.39. The first-order valence-electron chi connectivity index (χ1n) is 9.52. The quantitative estimate of drug-likeness (QED) is 0.580. The maximum absolute atomic E-state index is 12.3. The van der Waals surface area contributed by atoms with E-state index in [1.54, 1.807) is 12.1 Å². The molecule has 0 radical (unpaired) electrons. The largest absolute Gasteiger partial charge is 0.370 e. The van der Waals surface area contributed by atoms with Crippen molar-refractivity contribution in [3.05, 3.63) is 58.4 Å². The Labute approximate surface area is 178 Å². The number of anilines is 2. The van der Waals surface area contributed by atoms with Crippen LogP contribution in [0, 0.1) is 0 Å². The molecule has 1 amide bonds. The van der Waals surface area contributed by atoms with Gasteiger partial charge in [-0.15, -0.1) is 0 Å². The SMILES string of the molecule is O=C(CCc1nc(-c2ccccc2Cl)no1)Nc1ccc(N2CCCC2)c(Cl)c1. The van der Waals surface area contributed by atoms with Crippen molar-refractivity contribution in [2.24, 2.45) is 0 Å². The zero-order chi connectivity index (χ0) is 20.2. The molecule has 0 aliphatic carbocycles. The van der Waals surface area contributed by atoms with Crippen molar-refractivity contribution in [3.63, 3.8) is 0 Å². The van der Waals surface area contributed by atoms with Gasteiger partial charge in [-0.3, -0.25) is 4.79 Å². The summed E-state index contributed by atoms with van der Waals surface area (Å²) in [6.07, 6.45) is 2.92. The van der Waals surface area contributed by atoms with Crippen molar-refractivity contribution >= 4 is 40.5 Å². The standard InChI is InChI=1S/C21H20Cl2N4O2/c22-16-6-2-1-5-15(16)21-25-20(29-26-21)10-9-19(28)24-14-7-8-18(17(23)13-14)27-11-3-4-12-27/h1-2,5-8,13H,3-4,9-12H2,(H,24,28). The summed E-state index contributed by atoms with van der Waals surface area (Å²) in [4.78, 5) is 18.9. The Balaban J connectivity index is 1.34. The summed E-state index contributed by atoms with van der Waals surface area (Å²) in [5.74, 6) is 0.653. The fourth-order valence-corrected chi connectivity index (χ4v) is 3.87. The number of carbonyl (C=O) groups is 1. The van der Waals surface area contributed by atoms with Crippen molar-refractivity contribution in [2.45, 2.75) is 25.7 Å². The summed E-state index contributed by atoms with van der Waals surface area (Å²) in [6, 6.07) is 12.9. The zero-order valence-electron chi connectivity index (χ0n) is 15.7. The summed E-state index contributed by atoms with van der Waals surface area (Å²) < 4.78 is 5.24. The molecular formula is C21H20Cl2N4O2. The molecule has 1 saturated heterocycles. The molecule has 2 aromatic carbocycles. The highest BCUT2D eigenvalue weighted by molar-refractivity contribution is 6.33. The van der Waals surface area contributed by atoms with Crippen LogP contribution in [0.2, 0.25) is 10.0 Å². The van der Waals surface area contributed by atoms with Gasteiger partial charge >= 0.3 is 0 Å². The van der Waals surface area contributed by atoms with E-state index >= 15 is 0 Å². The molecule has 1 aliphatic heterocycles. The fourth-order valence-electron chi connectivity index (χ4n) is 3.35. The number of benzene rings is 2. The van der Waals surface area contributed by atoms with Crippen LogP contribution in [0.3, 0.4) is 0 Å². The van der Waals surface area contributed by atoms with Gasteiger partial charge in [0, 0.05) is 37.2 Å². The minimum Gasteiger partial charge on any atom is -0.370 e. The Morgan fingerprint density at radius 1 is 1.10 bits per heavy atom. The number of carbonyl (C=O) groups excluding carboxylic acids is 1. The predicted octanol–water partition coefficient (Wildman–Crippen LogP) is 5.21. The lowest BCUT2D eigenvalue weighted by atomic mass is 10.2. The topological polar surface area (TPSA) is 71.3 Å². The van der Waals surface area contributed by atoms with Gasteiger partial charge in [-0.25, -0.2) is 0 Å². The Bertz CT molecular complexity index is 1020. The number of aryl methyl sites for hydroxylation is 1. The summed E-state index contributed by atoms with van der Waals surface area (Å²) >= 11 is 12.6. The lowest BCUT2D eigenvalue weighted by Gasteiger charge is -2.19. The first-order valence-corrected chi connectivity index (χ1v) is 10.3. The van der Waals surface area contributed by atoms with Crippen LogP contribution in [0.4, 0.5) is 11.4 Å². The number of rotatable bonds is 6. The first-order chi connectivity index (χ1) is 14.1. The van der Waals surface area contributed by atoms with Crippen molar-refractivity contribution in [1.29, 1.82) is 0 Å². The van der Waals surface area contributed by atoms with E-state index in [0.717, 1.165) is 18.8 Å². The minimum atomic E-state index is -0.146. The predicted molar refractivity (Wildman–Crippen MR) is 115 cm³/mol. The molecule has 0 atom stereocenters. The molecule has 4 rings (SSSR count). The Kier molecular flexibility index (Phi) is 6.02. The minimum absolute atomic E-state index is 0.146. The van der Waals surface area contributed by atoms with E-state index in [2.05, 4.69) is 20.4 Å². The summed E-state index contributed by atoms with van der Waals surface area (Å²) in [5, 5.41) is 8.00. The Morgan fingerprint density at radius 3 is 2.66 bits per heavy atom. The van der Waals surface area contributed by atoms with E-state index in [1.165, 1.54) is 12.8 Å². The molecule has 0 unspecified atom stereocenters. The third-order valence-corrected chi connectivity index (χ3v) is 5.46. The van der Waals surface area contributed by atoms with E-state index in [4.69, 9.17) is 27.7 Å². The molecule has 0 saturated carbocycles. The molecule has 3 aromatic rings. The molecule has 150 valence electrons. The molecule has 6 nitrogen and oxygen atoms in total. The normalized spacial score (nSPS) is 13.7. The molecule has 1 N–H and O–H groups in total. The van der Waals surface area contributed by atoms with Gasteiger partial charge in [0.15, 0.2) is 0 Å². The smallest absolute Gasteiger partial charge is 0.227 e. The third kappa shape index (κ3) is 4.71. The van der Waals surface area contributed by atoms with Gasteiger partial charge in [0.25, 0.3) is 0 Å². The van der Waals surface area contributed by atoms with Gasteiger partial charge in [0.1, 0.15) is 0 Å². The average molecular weight is 431 g/mol. The zero-order valence-corrected chi connectivity index (χ0v) is 17.2. The number of halogens is 2. The Morgan fingerprint density at radius 2 is 1.90 bits per heavy atom. The highest BCUT2D eigenvalue weighted by Gasteiger charge is 2.16. The summed E-state index contributed by atoms with van der Waals surface area (Å²) in [6.45, 7) is 2.04. The van der Waals surface area contributed by atoms with Gasteiger partial charge < -0.3 is 14.7 Å². The lowest BCUT2D eigenvalue weighted by Crippen LogP contribution is -2.18. The van der Waals surface area contributed by atoms with Crippen LogP contribution < -0.4 is 10.2 Å². The second-order valence-electron chi connectivity index (χ2n) is 6.90. The molecule has 1 aromatic heterocycles. The maximum atomic E-state index is 12.3. The van der Waals surface area contributed by atoms with Gasteiger partial charge in [0.05, 0.1) is 15.7 Å². The van der Waals surface area contributed by atoms with Gasteiger partial charge in [0.2, 0.25) is 17.6 Å². The second-order valence-corrected chi connectivity index (χ2v) is 7.71. The molecule has 0 bridgehead atoms. The number of aromatic nitrogens is 2. The van der Waals surface area contributed by atoms with Crippen LogP contribution in [-0.4, -0.2) is 29.1 Å². The molecule has 2 heterocycles. The molecular weight excluding hydrogens is 411 g/mol. The highest BCUT2D eigenvalue weighted by Crippen LogP contribution is 2.31.